The third-order valence-corrected chi connectivity index (χ3v) is 4.24. The summed E-state index contributed by atoms with van der Waals surface area (Å²) < 4.78 is 0. The van der Waals surface area contributed by atoms with Gasteiger partial charge >= 0.3 is 6.03 Å². The number of aliphatic hydroxyl groups excluding tert-OH is 1. The number of fused-ring (bicyclic) bond motifs is 1. The molecule has 3 rings (SSSR count). The molecule has 6 heteroatoms. The molecule has 2 aliphatic rings. The lowest BCUT2D eigenvalue weighted by molar-refractivity contribution is -0.128. The van der Waals surface area contributed by atoms with Gasteiger partial charge in [-0.25, -0.2) is 4.79 Å². The third kappa shape index (κ3) is 2.07. The molecule has 1 aromatic rings. The molecule has 106 valence electrons. The highest BCUT2D eigenvalue weighted by Gasteiger charge is 2.47. The van der Waals surface area contributed by atoms with Crippen LogP contribution in [0.4, 0.5) is 4.79 Å². The number of carbonyl (C=O) groups excluding carboxylic acids is 2. The van der Waals surface area contributed by atoms with Crippen molar-refractivity contribution in [3.05, 3.63) is 34.9 Å². The predicted molar refractivity (Wildman–Crippen MR) is 73.2 cm³/mol. The van der Waals surface area contributed by atoms with Crippen molar-refractivity contribution in [3.8, 4) is 0 Å². The Morgan fingerprint density at radius 1 is 1.35 bits per heavy atom. The van der Waals surface area contributed by atoms with Crippen LogP contribution in [0.3, 0.4) is 0 Å². The van der Waals surface area contributed by atoms with Crippen LogP contribution in [0.25, 0.3) is 0 Å². The molecule has 2 aliphatic heterocycles. The smallest absolute Gasteiger partial charge is 0.327 e. The van der Waals surface area contributed by atoms with Crippen LogP contribution >= 0.6 is 11.6 Å². The normalized spacial score (nSPS) is 23.4. The first-order valence-electron chi connectivity index (χ1n) is 6.64. The first-order chi connectivity index (χ1) is 9.59. The molecule has 0 aliphatic carbocycles. The number of aliphatic hydroxyl groups is 1. The van der Waals surface area contributed by atoms with Crippen LogP contribution in [0.5, 0.6) is 0 Å². The number of urea groups is 1. The van der Waals surface area contributed by atoms with Gasteiger partial charge in [0.2, 0.25) is 0 Å². The maximum atomic E-state index is 12.2. The van der Waals surface area contributed by atoms with E-state index in [0.717, 1.165) is 11.3 Å². The Labute approximate surface area is 121 Å². The number of amides is 3. The number of hydrogen-bond donors (Lipinski definition) is 1. The van der Waals surface area contributed by atoms with Crippen molar-refractivity contribution in [2.45, 2.75) is 25.0 Å². The molecule has 0 aromatic heterocycles. The Hall–Kier alpha value is -1.59. The van der Waals surface area contributed by atoms with Gasteiger partial charge in [0.25, 0.3) is 5.91 Å². The summed E-state index contributed by atoms with van der Waals surface area (Å²) in [6.07, 6.45) is 0.614. The fraction of sp³-hybridized carbons (Fsp3) is 0.429. The second-order valence-electron chi connectivity index (χ2n) is 5.12. The third-order valence-electron chi connectivity index (χ3n) is 3.90. The zero-order chi connectivity index (χ0) is 14.3. The van der Waals surface area contributed by atoms with E-state index in [-0.39, 0.29) is 24.5 Å². The average molecular weight is 295 g/mol. The molecule has 2 heterocycles. The first kappa shape index (κ1) is 13.4. The summed E-state index contributed by atoms with van der Waals surface area (Å²) in [5, 5.41) is 10.6. The number of β-amino-alcohol motifs (C(OH)–C–C–N with tert-alkyl or cyclic N) is 1. The van der Waals surface area contributed by atoms with Gasteiger partial charge in [-0.15, -0.1) is 0 Å². The summed E-state index contributed by atoms with van der Waals surface area (Å²) in [7, 11) is 0. The zero-order valence-corrected chi connectivity index (χ0v) is 11.6. The number of nitrogens with zero attached hydrogens (tertiary/aromatic N) is 2. The predicted octanol–water partition coefficient (Wildman–Crippen LogP) is 1.80. The van der Waals surface area contributed by atoms with Crippen LogP contribution in [-0.4, -0.2) is 46.0 Å². The number of hydrogen-bond acceptors (Lipinski definition) is 3. The van der Waals surface area contributed by atoms with E-state index >= 15 is 0 Å². The van der Waals surface area contributed by atoms with E-state index in [1.54, 1.807) is 29.2 Å². The van der Waals surface area contributed by atoms with Gasteiger partial charge in [-0.3, -0.25) is 9.69 Å². The van der Waals surface area contributed by atoms with E-state index in [2.05, 4.69) is 0 Å². The molecule has 0 bridgehead atoms. The Kier molecular flexibility index (Phi) is 3.40. The lowest BCUT2D eigenvalue weighted by Crippen LogP contribution is -2.36. The summed E-state index contributed by atoms with van der Waals surface area (Å²) in [4.78, 5) is 27.0. The van der Waals surface area contributed by atoms with E-state index in [4.69, 9.17) is 11.6 Å². The maximum absolute atomic E-state index is 12.2. The highest BCUT2D eigenvalue weighted by Crippen LogP contribution is 2.30. The van der Waals surface area contributed by atoms with Crippen LogP contribution < -0.4 is 0 Å². The summed E-state index contributed by atoms with van der Waals surface area (Å²) in [6, 6.07) is 6.26. The van der Waals surface area contributed by atoms with Crippen molar-refractivity contribution in [2.24, 2.45) is 0 Å². The zero-order valence-electron chi connectivity index (χ0n) is 10.8. The molecule has 2 fully saturated rings. The average Bonchev–Trinajstić information content (AvgIpc) is 2.99. The monoisotopic (exact) mass is 294 g/mol. The molecule has 3 amide bonds. The van der Waals surface area contributed by atoms with Crippen molar-refractivity contribution in [2.75, 3.05) is 13.1 Å². The second kappa shape index (κ2) is 5.07. The number of imide groups is 1. The van der Waals surface area contributed by atoms with Gasteiger partial charge < -0.3 is 10.0 Å². The van der Waals surface area contributed by atoms with Gasteiger partial charge in [0.1, 0.15) is 6.04 Å². The number of carbonyl (C=O) groups is 2. The molecular formula is C14H15ClN2O3. The summed E-state index contributed by atoms with van der Waals surface area (Å²) in [5.74, 6) is -0.210. The van der Waals surface area contributed by atoms with Crippen molar-refractivity contribution >= 4 is 23.5 Å². The Morgan fingerprint density at radius 3 is 2.80 bits per heavy atom. The van der Waals surface area contributed by atoms with Gasteiger partial charge in [0.15, 0.2) is 0 Å². The van der Waals surface area contributed by atoms with Crippen molar-refractivity contribution in [3.63, 3.8) is 0 Å². The molecule has 0 saturated carbocycles. The topological polar surface area (TPSA) is 60.9 Å². The van der Waals surface area contributed by atoms with E-state index in [1.807, 2.05) is 0 Å². The van der Waals surface area contributed by atoms with E-state index in [0.29, 0.717) is 23.6 Å². The van der Waals surface area contributed by atoms with Gasteiger partial charge in [0, 0.05) is 17.1 Å². The van der Waals surface area contributed by atoms with Crippen LogP contribution in [0.1, 0.15) is 24.5 Å². The molecular weight excluding hydrogens is 280 g/mol. The fourth-order valence-electron chi connectivity index (χ4n) is 2.87. The van der Waals surface area contributed by atoms with E-state index < -0.39 is 6.10 Å². The van der Waals surface area contributed by atoms with Crippen LogP contribution in [0, 0.1) is 0 Å². The summed E-state index contributed by atoms with van der Waals surface area (Å²) in [5.41, 5.74) is 0.529. The number of halogens is 1. The van der Waals surface area contributed by atoms with Gasteiger partial charge in [-0.05, 0) is 18.9 Å². The second-order valence-corrected chi connectivity index (χ2v) is 5.53. The largest absolute Gasteiger partial charge is 0.386 e. The minimum atomic E-state index is -0.961. The van der Waals surface area contributed by atoms with Crippen LogP contribution in [-0.2, 0) is 4.79 Å². The SMILES string of the molecule is O=C1[C@H]2CCCN2C(=O)N1C[C@@H](O)c1ccccc1Cl. The standard InChI is InChI=1S/C14H15ClN2O3/c15-10-5-2-1-4-9(10)12(18)8-17-13(19)11-6-3-7-16(11)14(17)20/h1-2,4-5,11-12,18H,3,6-8H2/t11-,12-/m1/s1. The molecule has 1 N–H and O–H groups in total. The Bertz CT molecular complexity index is 541. The fourth-order valence-corrected chi connectivity index (χ4v) is 3.13. The lowest BCUT2D eigenvalue weighted by atomic mass is 10.1. The molecule has 0 radical (unpaired) electrons. The van der Waals surface area contributed by atoms with Gasteiger partial charge in [-0.2, -0.15) is 0 Å². The highest BCUT2D eigenvalue weighted by atomic mass is 35.5. The first-order valence-corrected chi connectivity index (χ1v) is 7.02. The quantitative estimate of drug-likeness (QED) is 0.865. The molecule has 0 unspecified atom stereocenters. The number of benzene rings is 1. The molecule has 2 atom stereocenters. The van der Waals surface area contributed by atoms with Gasteiger partial charge in [-0.1, -0.05) is 29.8 Å². The molecule has 0 spiro atoms. The highest BCUT2D eigenvalue weighted by molar-refractivity contribution is 6.31. The maximum Gasteiger partial charge on any atom is 0.327 e. The molecule has 20 heavy (non-hydrogen) atoms. The van der Waals surface area contributed by atoms with E-state index in [9.17, 15) is 14.7 Å². The molecule has 5 nitrogen and oxygen atoms in total. The van der Waals surface area contributed by atoms with Crippen molar-refractivity contribution < 1.29 is 14.7 Å². The Morgan fingerprint density at radius 2 is 2.10 bits per heavy atom. The van der Waals surface area contributed by atoms with Crippen molar-refractivity contribution in [1.82, 2.24) is 9.80 Å². The Balaban J connectivity index is 1.77. The van der Waals surface area contributed by atoms with Gasteiger partial charge in [0.05, 0.1) is 12.6 Å². The summed E-state index contributed by atoms with van der Waals surface area (Å²) >= 11 is 6.01. The minimum Gasteiger partial charge on any atom is -0.386 e. The lowest BCUT2D eigenvalue weighted by Gasteiger charge is -2.20. The van der Waals surface area contributed by atoms with Crippen LogP contribution in [0.15, 0.2) is 24.3 Å². The van der Waals surface area contributed by atoms with Crippen molar-refractivity contribution in [1.29, 1.82) is 0 Å². The number of rotatable bonds is 3. The molecule has 1 aromatic carbocycles. The summed E-state index contributed by atoms with van der Waals surface area (Å²) in [6.45, 7) is 0.572. The minimum absolute atomic E-state index is 0.0472. The van der Waals surface area contributed by atoms with E-state index in [1.165, 1.54) is 0 Å². The van der Waals surface area contributed by atoms with Crippen LogP contribution in [0.2, 0.25) is 5.02 Å². The molecule has 2 saturated heterocycles.